The first-order valence-corrected chi connectivity index (χ1v) is 9.86. The molecule has 0 bridgehead atoms. The van der Waals surface area contributed by atoms with Gasteiger partial charge in [0.05, 0.1) is 19.8 Å². The van der Waals surface area contributed by atoms with Crippen LogP contribution < -0.4 is 10.6 Å². The number of carboxylic acid groups (broad SMARTS) is 1. The average Bonchev–Trinajstić information content (AvgIpc) is 3.13. The van der Waals surface area contributed by atoms with Crippen molar-refractivity contribution in [3.63, 3.8) is 0 Å². The Morgan fingerprint density at radius 1 is 1.17 bits per heavy atom. The lowest BCUT2D eigenvalue weighted by atomic mass is 10.0. The highest BCUT2D eigenvalue weighted by Crippen LogP contribution is 2.28. The second-order valence-corrected chi connectivity index (χ2v) is 7.59. The number of fused-ring (bicyclic) bond motifs is 1. The summed E-state index contributed by atoms with van der Waals surface area (Å²) in [5.74, 6) is 1.50. The molecule has 3 aromatic rings. The summed E-state index contributed by atoms with van der Waals surface area (Å²) in [6.45, 7) is 4.23. The maximum atomic E-state index is 11.0. The second-order valence-electron chi connectivity index (χ2n) is 7.59. The van der Waals surface area contributed by atoms with Crippen molar-refractivity contribution in [2.45, 2.75) is 6.54 Å². The summed E-state index contributed by atoms with van der Waals surface area (Å²) < 4.78 is 7.23. The van der Waals surface area contributed by atoms with Crippen LogP contribution in [0.1, 0.15) is 0 Å². The van der Waals surface area contributed by atoms with E-state index in [2.05, 4.69) is 15.2 Å². The highest BCUT2D eigenvalue weighted by atomic mass is 16.5. The van der Waals surface area contributed by atoms with E-state index in [1.165, 1.54) is 4.90 Å². The molecule has 5 rings (SSSR count). The minimum Gasteiger partial charge on any atom is -0.465 e. The summed E-state index contributed by atoms with van der Waals surface area (Å²) in [7, 11) is 0. The van der Waals surface area contributed by atoms with Crippen molar-refractivity contribution in [3.05, 3.63) is 24.3 Å². The maximum Gasteiger partial charge on any atom is 0.407 e. The molecule has 0 spiro atoms. The van der Waals surface area contributed by atoms with Crippen LogP contribution in [0.15, 0.2) is 24.3 Å². The normalized spacial score (nSPS) is 17.3. The Kier molecular flexibility index (Phi) is 4.58. The molecule has 2 aliphatic rings. The molecule has 0 atom stereocenters. The number of ether oxygens (including phenoxy) is 1. The van der Waals surface area contributed by atoms with E-state index in [-0.39, 0.29) is 5.92 Å². The summed E-state index contributed by atoms with van der Waals surface area (Å²) in [6.07, 6.45) is -0.891. The smallest absolute Gasteiger partial charge is 0.407 e. The Bertz CT molecular complexity index is 1070. The minimum atomic E-state index is -0.891. The molecule has 0 saturated carbocycles. The van der Waals surface area contributed by atoms with Gasteiger partial charge in [-0.3, -0.25) is 0 Å². The van der Waals surface area contributed by atoms with Crippen LogP contribution in [0, 0.1) is 5.92 Å². The van der Waals surface area contributed by atoms with Gasteiger partial charge in [0.1, 0.15) is 0 Å². The predicted molar refractivity (Wildman–Crippen MR) is 109 cm³/mol. The highest BCUT2D eigenvalue weighted by Gasteiger charge is 2.32. The monoisotopic (exact) mass is 410 g/mol. The molecule has 156 valence electrons. The van der Waals surface area contributed by atoms with Crippen LogP contribution >= 0.6 is 0 Å². The zero-order chi connectivity index (χ0) is 20.7. The number of likely N-dealkylation sites (tertiary alicyclic amines) is 1. The zero-order valence-corrected chi connectivity index (χ0v) is 16.3. The Hall–Kier alpha value is -3.47. The lowest BCUT2D eigenvalue weighted by Gasteiger charge is -2.36. The van der Waals surface area contributed by atoms with Gasteiger partial charge in [-0.05, 0) is 24.3 Å². The van der Waals surface area contributed by atoms with Crippen molar-refractivity contribution in [2.24, 2.45) is 5.92 Å². The van der Waals surface area contributed by atoms with Gasteiger partial charge in [0.15, 0.2) is 22.8 Å². The predicted octanol–water partition coefficient (Wildman–Crippen LogP) is 0.917. The highest BCUT2D eigenvalue weighted by molar-refractivity contribution is 5.85. The van der Waals surface area contributed by atoms with Crippen molar-refractivity contribution < 1.29 is 14.6 Å². The van der Waals surface area contributed by atoms with Gasteiger partial charge in [-0.15, -0.1) is 5.10 Å². The third-order valence-corrected chi connectivity index (χ3v) is 5.48. The van der Waals surface area contributed by atoms with Crippen LogP contribution in [-0.2, 0) is 11.3 Å². The molecule has 0 unspecified atom stereocenters. The fourth-order valence-corrected chi connectivity index (χ4v) is 3.81. The molecule has 4 heterocycles. The fraction of sp³-hybridized carbons (Fsp3) is 0.421. The number of benzene rings is 1. The number of nitrogens with two attached hydrogens (primary N) is 1. The van der Waals surface area contributed by atoms with Gasteiger partial charge in [-0.1, -0.05) is 5.21 Å². The number of anilines is 2. The number of carbonyl (C=O) groups is 1. The van der Waals surface area contributed by atoms with Gasteiger partial charge in [0, 0.05) is 43.3 Å². The van der Waals surface area contributed by atoms with E-state index in [1.54, 1.807) is 4.68 Å². The van der Waals surface area contributed by atoms with Gasteiger partial charge in [-0.2, -0.15) is 0 Å². The van der Waals surface area contributed by atoms with Crippen LogP contribution in [-0.4, -0.2) is 80.5 Å². The van der Waals surface area contributed by atoms with Crippen molar-refractivity contribution in [2.75, 3.05) is 50.0 Å². The quantitative estimate of drug-likeness (QED) is 0.602. The molecule has 2 aliphatic heterocycles. The molecule has 0 aliphatic carbocycles. The first-order valence-electron chi connectivity index (χ1n) is 9.86. The van der Waals surface area contributed by atoms with E-state index in [1.807, 2.05) is 24.3 Å². The molecule has 1 amide bonds. The Morgan fingerprint density at radius 3 is 2.60 bits per heavy atom. The molecule has 11 nitrogen and oxygen atoms in total. The third-order valence-electron chi connectivity index (χ3n) is 5.48. The number of nitrogens with zero attached hydrogens (tertiary/aromatic N) is 7. The number of aromatic nitrogens is 5. The first-order chi connectivity index (χ1) is 14.6. The lowest BCUT2D eigenvalue weighted by molar-refractivity contribution is 0.0734. The first kappa shape index (κ1) is 18.6. The van der Waals surface area contributed by atoms with E-state index in [0.29, 0.717) is 55.5 Å². The van der Waals surface area contributed by atoms with Crippen molar-refractivity contribution in [1.29, 1.82) is 0 Å². The van der Waals surface area contributed by atoms with Crippen LogP contribution in [0.5, 0.6) is 0 Å². The molecule has 3 N–H and O–H groups in total. The molecule has 11 heteroatoms. The van der Waals surface area contributed by atoms with E-state index in [4.69, 9.17) is 25.5 Å². The molecular weight excluding hydrogens is 388 g/mol. The van der Waals surface area contributed by atoms with Crippen LogP contribution in [0.2, 0.25) is 0 Å². The van der Waals surface area contributed by atoms with Crippen molar-refractivity contribution in [1.82, 2.24) is 29.9 Å². The van der Waals surface area contributed by atoms with Crippen LogP contribution in [0.3, 0.4) is 0 Å². The summed E-state index contributed by atoms with van der Waals surface area (Å²) in [4.78, 5) is 24.1. The summed E-state index contributed by atoms with van der Waals surface area (Å²) in [6, 6.07) is 7.43. The van der Waals surface area contributed by atoms with Gasteiger partial charge < -0.3 is 25.4 Å². The van der Waals surface area contributed by atoms with Crippen LogP contribution in [0.4, 0.5) is 16.3 Å². The SMILES string of the molecule is Nc1ccc(-c2nc(N3CCOCC3)c3nnn(CC4CN(C(=O)O)C4)c3n2)cc1. The molecular formula is C19H22N8O3. The molecule has 2 aromatic heterocycles. The standard InChI is InChI=1S/C19H22N8O3/c20-14-3-1-13(2-4-14)16-21-17(25-5-7-30-8-6-25)15-18(22-16)27(24-23-15)11-12-9-26(10-12)19(28)29/h1-4,12H,5-11,20H2,(H,28,29). The fourth-order valence-electron chi connectivity index (χ4n) is 3.81. The number of amides is 1. The summed E-state index contributed by atoms with van der Waals surface area (Å²) >= 11 is 0. The topological polar surface area (TPSA) is 136 Å². The number of hydrogen-bond acceptors (Lipinski definition) is 8. The van der Waals surface area contributed by atoms with Crippen molar-refractivity contribution in [3.8, 4) is 11.4 Å². The summed E-state index contributed by atoms with van der Waals surface area (Å²) in [5, 5.41) is 17.7. The zero-order valence-electron chi connectivity index (χ0n) is 16.3. The number of hydrogen-bond donors (Lipinski definition) is 2. The molecule has 2 saturated heterocycles. The van der Waals surface area contributed by atoms with Gasteiger partial charge in [0.2, 0.25) is 0 Å². The Morgan fingerprint density at radius 2 is 1.90 bits per heavy atom. The average molecular weight is 410 g/mol. The lowest BCUT2D eigenvalue weighted by Crippen LogP contribution is -2.50. The minimum absolute atomic E-state index is 0.188. The number of rotatable bonds is 4. The summed E-state index contributed by atoms with van der Waals surface area (Å²) in [5.41, 5.74) is 8.64. The van der Waals surface area contributed by atoms with E-state index < -0.39 is 6.09 Å². The van der Waals surface area contributed by atoms with Gasteiger partial charge in [-0.25, -0.2) is 19.4 Å². The van der Waals surface area contributed by atoms with Gasteiger partial charge in [0.25, 0.3) is 0 Å². The molecule has 0 radical (unpaired) electrons. The second kappa shape index (κ2) is 7.41. The van der Waals surface area contributed by atoms with Crippen molar-refractivity contribution >= 4 is 28.8 Å². The largest absolute Gasteiger partial charge is 0.465 e. The number of nitrogen functional groups attached to an aromatic ring is 1. The maximum absolute atomic E-state index is 11.0. The van der Waals surface area contributed by atoms with E-state index in [9.17, 15) is 4.79 Å². The van der Waals surface area contributed by atoms with Crippen LogP contribution in [0.25, 0.3) is 22.6 Å². The van der Waals surface area contributed by atoms with E-state index >= 15 is 0 Å². The third kappa shape index (κ3) is 3.36. The van der Waals surface area contributed by atoms with E-state index in [0.717, 1.165) is 24.5 Å². The van der Waals surface area contributed by atoms with Gasteiger partial charge >= 0.3 is 6.09 Å². The molecule has 1 aromatic carbocycles. The Balaban J connectivity index is 1.53. The number of morpholine rings is 1. The Labute approximate surface area is 172 Å². The molecule has 2 fully saturated rings. The molecule has 30 heavy (non-hydrogen) atoms.